The Labute approximate surface area is 181 Å². The molecular formula is C24H29F2N3O2. The number of aromatic nitrogens is 2. The standard InChI is InChI=1S/C24H29F2N3O2/c1-15(2)13-24(4,27)11-10-20(30)22-16(3)28-23-21(9-6-12-29(22)23)31-14-17-18(25)7-5-8-19(17)26/h5-9,12,15H,10-11,13-14,27H2,1-4H3. The number of Topliss-reactive ketones (excluding diaryl/α,β-unsaturated/α-hetero) is 1. The zero-order chi connectivity index (χ0) is 22.8. The number of imidazole rings is 1. The number of fused-ring (bicyclic) bond motifs is 1. The Morgan fingerprint density at radius 1 is 1.23 bits per heavy atom. The van der Waals surface area contributed by atoms with Crippen LogP contribution in [-0.4, -0.2) is 20.7 Å². The van der Waals surface area contributed by atoms with E-state index in [1.165, 1.54) is 18.2 Å². The lowest BCUT2D eigenvalue weighted by molar-refractivity contribution is 0.0962. The Hall–Kier alpha value is -2.80. The Bertz CT molecular complexity index is 1070. The molecule has 0 aliphatic rings. The van der Waals surface area contributed by atoms with Crippen molar-refractivity contribution in [1.82, 2.24) is 9.38 Å². The molecule has 0 aliphatic heterocycles. The van der Waals surface area contributed by atoms with Crippen LogP contribution in [0.3, 0.4) is 0 Å². The highest BCUT2D eigenvalue weighted by atomic mass is 19.1. The fourth-order valence-corrected chi connectivity index (χ4v) is 3.98. The fourth-order valence-electron chi connectivity index (χ4n) is 3.98. The zero-order valence-electron chi connectivity index (χ0n) is 18.4. The van der Waals surface area contributed by atoms with E-state index in [1.54, 1.807) is 29.7 Å². The molecule has 1 unspecified atom stereocenters. The first kappa shape index (κ1) is 22.9. The topological polar surface area (TPSA) is 69.6 Å². The average Bonchev–Trinajstić information content (AvgIpc) is 3.01. The van der Waals surface area contributed by atoms with Crippen LogP contribution in [0.25, 0.3) is 5.65 Å². The molecule has 1 aromatic carbocycles. The van der Waals surface area contributed by atoms with Crippen molar-refractivity contribution in [2.75, 3.05) is 0 Å². The number of nitrogens with zero attached hydrogens (tertiary/aromatic N) is 2. The summed E-state index contributed by atoms with van der Waals surface area (Å²) in [6, 6.07) is 7.04. The number of halogens is 2. The molecule has 2 N–H and O–H groups in total. The maximum Gasteiger partial charge on any atom is 0.181 e. The second-order valence-electron chi connectivity index (χ2n) is 8.78. The van der Waals surface area contributed by atoms with Gasteiger partial charge in [0.05, 0.1) is 11.3 Å². The summed E-state index contributed by atoms with van der Waals surface area (Å²) in [5.41, 5.74) is 7.25. The van der Waals surface area contributed by atoms with Crippen molar-refractivity contribution in [2.24, 2.45) is 11.7 Å². The highest BCUT2D eigenvalue weighted by molar-refractivity contribution is 5.96. The molecule has 0 fully saturated rings. The van der Waals surface area contributed by atoms with Gasteiger partial charge in [0.2, 0.25) is 0 Å². The molecule has 166 valence electrons. The minimum absolute atomic E-state index is 0.0530. The van der Waals surface area contributed by atoms with Gasteiger partial charge in [-0.3, -0.25) is 9.20 Å². The number of hydrogen-bond acceptors (Lipinski definition) is 4. The van der Waals surface area contributed by atoms with E-state index in [4.69, 9.17) is 10.5 Å². The summed E-state index contributed by atoms with van der Waals surface area (Å²) in [5.74, 6) is -0.609. The van der Waals surface area contributed by atoms with Crippen LogP contribution in [-0.2, 0) is 6.61 Å². The van der Waals surface area contributed by atoms with Crippen molar-refractivity contribution in [3.8, 4) is 5.75 Å². The van der Waals surface area contributed by atoms with Gasteiger partial charge in [-0.15, -0.1) is 0 Å². The molecule has 0 spiro atoms. The van der Waals surface area contributed by atoms with Gasteiger partial charge in [0.25, 0.3) is 0 Å². The highest BCUT2D eigenvalue weighted by Crippen LogP contribution is 2.26. The Morgan fingerprint density at radius 3 is 2.55 bits per heavy atom. The third kappa shape index (κ3) is 5.28. The third-order valence-corrected chi connectivity index (χ3v) is 5.28. The molecule has 0 bridgehead atoms. The number of rotatable bonds is 9. The molecule has 1 atom stereocenters. The Balaban J connectivity index is 1.82. The minimum Gasteiger partial charge on any atom is -0.485 e. The van der Waals surface area contributed by atoms with E-state index >= 15 is 0 Å². The van der Waals surface area contributed by atoms with E-state index < -0.39 is 17.2 Å². The second-order valence-corrected chi connectivity index (χ2v) is 8.78. The molecule has 5 nitrogen and oxygen atoms in total. The van der Waals surface area contributed by atoms with Gasteiger partial charge in [0.1, 0.15) is 23.9 Å². The molecule has 0 saturated carbocycles. The Kier molecular flexibility index (Phi) is 6.74. The van der Waals surface area contributed by atoms with Gasteiger partial charge < -0.3 is 10.5 Å². The summed E-state index contributed by atoms with van der Waals surface area (Å²) >= 11 is 0. The number of pyridine rings is 1. The van der Waals surface area contributed by atoms with Crippen molar-refractivity contribution < 1.29 is 18.3 Å². The van der Waals surface area contributed by atoms with Crippen molar-refractivity contribution in [3.05, 3.63) is 65.1 Å². The van der Waals surface area contributed by atoms with Gasteiger partial charge in [-0.25, -0.2) is 13.8 Å². The first-order valence-electron chi connectivity index (χ1n) is 10.4. The predicted octanol–water partition coefficient (Wildman–Crippen LogP) is 5.23. The molecule has 2 heterocycles. The van der Waals surface area contributed by atoms with Crippen LogP contribution in [0.4, 0.5) is 8.78 Å². The lowest BCUT2D eigenvalue weighted by Crippen LogP contribution is -2.38. The van der Waals surface area contributed by atoms with E-state index in [9.17, 15) is 13.6 Å². The Morgan fingerprint density at radius 2 is 1.90 bits per heavy atom. The molecule has 31 heavy (non-hydrogen) atoms. The lowest BCUT2D eigenvalue weighted by atomic mass is 9.86. The first-order chi connectivity index (χ1) is 14.6. The normalized spacial score (nSPS) is 13.5. The monoisotopic (exact) mass is 429 g/mol. The number of ether oxygens (including phenoxy) is 1. The van der Waals surface area contributed by atoms with Gasteiger partial charge in [0.15, 0.2) is 17.2 Å². The number of ketones is 1. The maximum atomic E-state index is 13.9. The maximum absolute atomic E-state index is 13.9. The van der Waals surface area contributed by atoms with E-state index in [2.05, 4.69) is 18.8 Å². The SMILES string of the molecule is Cc1nc2c(OCc3c(F)cccc3F)cccn2c1C(=O)CCC(C)(N)CC(C)C. The predicted molar refractivity (Wildman–Crippen MR) is 116 cm³/mol. The molecular weight excluding hydrogens is 400 g/mol. The average molecular weight is 430 g/mol. The fraction of sp³-hybridized carbons (Fsp3) is 0.417. The molecule has 0 amide bonds. The number of carbonyl (C=O) groups is 1. The van der Waals surface area contributed by atoms with Crippen LogP contribution in [0.5, 0.6) is 5.75 Å². The number of carbonyl (C=O) groups excluding carboxylic acids is 1. The molecule has 2 aromatic heterocycles. The molecule has 0 saturated heterocycles. The van der Waals surface area contributed by atoms with Crippen LogP contribution < -0.4 is 10.5 Å². The van der Waals surface area contributed by atoms with Gasteiger partial charge in [-0.05, 0) is 56.9 Å². The summed E-state index contributed by atoms with van der Waals surface area (Å²) in [6.45, 7) is 7.66. The lowest BCUT2D eigenvalue weighted by Gasteiger charge is -2.26. The van der Waals surface area contributed by atoms with Crippen LogP contribution in [0.2, 0.25) is 0 Å². The minimum atomic E-state index is -0.673. The van der Waals surface area contributed by atoms with Gasteiger partial charge in [-0.1, -0.05) is 19.9 Å². The van der Waals surface area contributed by atoms with E-state index in [1.807, 2.05) is 6.92 Å². The molecule has 3 rings (SSSR count). The van der Waals surface area contributed by atoms with Crippen LogP contribution in [0.15, 0.2) is 36.5 Å². The zero-order valence-corrected chi connectivity index (χ0v) is 18.4. The van der Waals surface area contributed by atoms with Crippen LogP contribution >= 0.6 is 0 Å². The molecule has 0 aliphatic carbocycles. The van der Waals surface area contributed by atoms with E-state index in [0.29, 0.717) is 41.5 Å². The van der Waals surface area contributed by atoms with Crippen molar-refractivity contribution in [1.29, 1.82) is 0 Å². The summed E-state index contributed by atoms with van der Waals surface area (Å²) in [6.07, 6.45) is 3.44. The van der Waals surface area contributed by atoms with Crippen LogP contribution in [0.1, 0.15) is 61.8 Å². The first-order valence-corrected chi connectivity index (χ1v) is 10.4. The van der Waals surface area contributed by atoms with E-state index in [0.717, 1.165) is 6.42 Å². The largest absolute Gasteiger partial charge is 0.485 e. The summed E-state index contributed by atoms with van der Waals surface area (Å²) < 4.78 is 35.2. The van der Waals surface area contributed by atoms with Crippen LogP contribution in [0, 0.1) is 24.5 Å². The summed E-state index contributed by atoms with van der Waals surface area (Å²) in [7, 11) is 0. The number of nitrogens with two attached hydrogens (primary N) is 1. The summed E-state index contributed by atoms with van der Waals surface area (Å²) in [5, 5.41) is 0. The number of hydrogen-bond donors (Lipinski definition) is 1. The van der Waals surface area contributed by atoms with Gasteiger partial charge in [-0.2, -0.15) is 0 Å². The molecule has 7 heteroatoms. The van der Waals surface area contributed by atoms with Gasteiger partial charge in [0, 0.05) is 18.2 Å². The molecule has 3 aromatic rings. The van der Waals surface area contributed by atoms with Crippen molar-refractivity contribution >= 4 is 11.4 Å². The smallest absolute Gasteiger partial charge is 0.181 e. The number of aryl methyl sites for hydroxylation is 1. The summed E-state index contributed by atoms with van der Waals surface area (Å²) in [4.78, 5) is 17.5. The van der Waals surface area contributed by atoms with Crippen molar-refractivity contribution in [3.63, 3.8) is 0 Å². The number of benzene rings is 1. The van der Waals surface area contributed by atoms with E-state index in [-0.39, 0.29) is 18.0 Å². The second kappa shape index (κ2) is 9.14. The molecule has 0 radical (unpaired) electrons. The third-order valence-electron chi connectivity index (χ3n) is 5.28. The van der Waals surface area contributed by atoms with Gasteiger partial charge >= 0.3 is 0 Å². The van der Waals surface area contributed by atoms with Crippen molar-refractivity contribution in [2.45, 2.75) is 59.1 Å². The quantitative estimate of drug-likeness (QED) is 0.473. The highest BCUT2D eigenvalue weighted by Gasteiger charge is 2.24.